The molecule has 0 amide bonds. The first-order valence-electron chi connectivity index (χ1n) is 10.1. The number of rotatable bonds is 6. The fourth-order valence-electron chi connectivity index (χ4n) is 3.65. The number of hydrogen-bond donors (Lipinski definition) is 5. The molecule has 0 aliphatic heterocycles. The first-order chi connectivity index (χ1) is 17.5. The van der Waals surface area contributed by atoms with Crippen molar-refractivity contribution in [1.82, 2.24) is 9.78 Å². The summed E-state index contributed by atoms with van der Waals surface area (Å²) < 4.78 is 101. The van der Waals surface area contributed by atoms with Crippen LogP contribution in [0.2, 0.25) is 0 Å². The molecule has 0 saturated carbocycles. The van der Waals surface area contributed by atoms with E-state index in [1.165, 1.54) is 19.1 Å². The third-order valence-corrected chi connectivity index (χ3v) is 7.98. The van der Waals surface area contributed by atoms with Crippen molar-refractivity contribution in [1.29, 1.82) is 0 Å². The van der Waals surface area contributed by atoms with Crippen LogP contribution in [0.1, 0.15) is 5.69 Å². The van der Waals surface area contributed by atoms with Gasteiger partial charge in [0.05, 0.1) is 11.4 Å². The van der Waals surface area contributed by atoms with Crippen LogP contribution in [0.4, 0.5) is 17.1 Å². The lowest BCUT2D eigenvalue weighted by atomic mass is 10.1. The normalized spacial score (nSPS) is 12.9. The average Bonchev–Trinajstić information content (AvgIpc) is 3.07. The van der Waals surface area contributed by atoms with Gasteiger partial charge >= 0.3 is 0 Å². The molecule has 6 N–H and O–H groups in total. The van der Waals surface area contributed by atoms with Gasteiger partial charge in [0.1, 0.15) is 20.4 Å². The number of H-pyrrole nitrogens is 1. The summed E-state index contributed by atoms with van der Waals surface area (Å²) in [6, 6.07) is 8.58. The molecule has 0 aliphatic carbocycles. The fraction of sp³-hybridized carbons (Fsp3) is 0.0500. The minimum atomic E-state index is -4.95. The van der Waals surface area contributed by atoms with Gasteiger partial charge in [-0.25, -0.2) is 4.68 Å². The van der Waals surface area contributed by atoms with Crippen molar-refractivity contribution in [2.45, 2.75) is 21.6 Å². The quantitative estimate of drug-likeness (QED) is 0.125. The molecule has 4 rings (SSSR count). The van der Waals surface area contributed by atoms with Gasteiger partial charge in [-0.1, -0.05) is 12.1 Å². The molecule has 0 atom stereocenters. The van der Waals surface area contributed by atoms with E-state index in [-0.39, 0.29) is 39.2 Å². The van der Waals surface area contributed by atoms with Crippen molar-refractivity contribution in [3.63, 3.8) is 0 Å². The summed E-state index contributed by atoms with van der Waals surface area (Å²) in [5.41, 5.74) is 3.83. The number of nitrogen functional groups attached to an aromatic ring is 1. The molecule has 3 aromatic carbocycles. The zero-order valence-corrected chi connectivity index (χ0v) is 21.4. The van der Waals surface area contributed by atoms with Crippen LogP contribution < -0.4 is 11.3 Å². The van der Waals surface area contributed by atoms with Crippen molar-refractivity contribution in [3.05, 3.63) is 64.6 Å². The summed E-state index contributed by atoms with van der Waals surface area (Å²) in [5, 5.41) is 9.49. The number of anilines is 1. The minimum Gasteiger partial charge on any atom is -0.399 e. The van der Waals surface area contributed by atoms with Crippen molar-refractivity contribution in [2.75, 3.05) is 5.73 Å². The van der Waals surface area contributed by atoms with Crippen molar-refractivity contribution < 1.29 is 38.9 Å². The number of aryl methyl sites for hydroxylation is 1. The predicted molar refractivity (Wildman–Crippen MR) is 133 cm³/mol. The Morgan fingerprint density at radius 1 is 0.789 bits per heavy atom. The number of aromatic nitrogens is 2. The highest BCUT2D eigenvalue weighted by atomic mass is 32.2. The first-order valence-corrected chi connectivity index (χ1v) is 14.4. The van der Waals surface area contributed by atoms with Crippen LogP contribution in [-0.4, -0.2) is 48.7 Å². The van der Waals surface area contributed by atoms with Crippen LogP contribution in [0.5, 0.6) is 0 Å². The zero-order valence-electron chi connectivity index (χ0n) is 19.0. The highest BCUT2D eigenvalue weighted by Crippen LogP contribution is 2.32. The molecule has 18 heteroatoms. The Bertz CT molecular complexity index is 2040. The fourth-order valence-corrected chi connectivity index (χ4v) is 5.68. The Balaban J connectivity index is 1.96. The van der Waals surface area contributed by atoms with Crippen molar-refractivity contribution >= 4 is 58.2 Å². The van der Waals surface area contributed by atoms with Crippen LogP contribution in [0, 0.1) is 6.92 Å². The Morgan fingerprint density at radius 3 is 2.03 bits per heavy atom. The van der Waals surface area contributed by atoms with Gasteiger partial charge in [-0.05, 0) is 43.3 Å². The Hall–Kier alpha value is -3.94. The second-order valence-electron chi connectivity index (χ2n) is 7.87. The van der Waals surface area contributed by atoms with Crippen molar-refractivity contribution in [3.8, 4) is 5.69 Å². The predicted octanol–water partition coefficient (Wildman–Crippen LogP) is 2.36. The van der Waals surface area contributed by atoms with Crippen LogP contribution in [0.25, 0.3) is 16.5 Å². The number of nitrogens with zero attached hydrogens (tertiary/aromatic N) is 3. The van der Waals surface area contributed by atoms with Gasteiger partial charge in [-0.2, -0.15) is 25.3 Å². The van der Waals surface area contributed by atoms with E-state index < -0.39 is 50.6 Å². The van der Waals surface area contributed by atoms with Crippen LogP contribution in [-0.2, 0) is 30.4 Å². The monoisotopic (exact) mass is 583 g/mol. The van der Waals surface area contributed by atoms with E-state index in [0.717, 1.165) is 41.1 Å². The van der Waals surface area contributed by atoms with E-state index in [2.05, 4.69) is 15.3 Å². The van der Waals surface area contributed by atoms with Crippen LogP contribution in [0.3, 0.4) is 0 Å². The Labute approximate surface area is 214 Å². The molecule has 0 spiro atoms. The largest absolute Gasteiger partial charge is 0.399 e. The summed E-state index contributed by atoms with van der Waals surface area (Å²) in [4.78, 5) is 11.1. The third-order valence-electron chi connectivity index (χ3n) is 5.28. The highest BCUT2D eigenvalue weighted by Gasteiger charge is 2.23. The topological polar surface area (TPSA) is 252 Å². The van der Waals surface area contributed by atoms with Gasteiger partial charge in [0.25, 0.3) is 35.9 Å². The van der Waals surface area contributed by atoms with Crippen LogP contribution in [0.15, 0.2) is 78.2 Å². The smallest absolute Gasteiger partial charge is 0.299 e. The SMILES string of the molecule is Cc1[nH]n(-c2cc(S(=O)(=O)O)c3cccc(S(=O)(=O)O)c3c2)c(=O)c1N=Nc1cc(N)ccc1S(=O)(=O)O. The van der Waals surface area contributed by atoms with Crippen molar-refractivity contribution in [2.24, 2.45) is 10.2 Å². The number of azo groups is 1. The summed E-state index contributed by atoms with van der Waals surface area (Å²) >= 11 is 0. The maximum absolute atomic E-state index is 13.1. The molecular formula is C20H17N5O10S3. The summed E-state index contributed by atoms with van der Waals surface area (Å²) in [6.07, 6.45) is 0. The second kappa shape index (κ2) is 9.11. The Morgan fingerprint density at radius 2 is 1.42 bits per heavy atom. The zero-order chi connectivity index (χ0) is 28.2. The molecule has 200 valence electrons. The molecule has 1 aromatic heterocycles. The molecule has 0 fully saturated rings. The number of nitrogens with one attached hydrogen (secondary N) is 1. The second-order valence-corrected chi connectivity index (χ2v) is 12.0. The van der Waals surface area contributed by atoms with Gasteiger partial charge < -0.3 is 5.73 Å². The molecule has 4 aromatic rings. The van der Waals surface area contributed by atoms with E-state index in [0.29, 0.717) is 0 Å². The highest BCUT2D eigenvalue weighted by molar-refractivity contribution is 7.86. The van der Waals surface area contributed by atoms with E-state index >= 15 is 0 Å². The van der Waals surface area contributed by atoms with E-state index in [4.69, 9.17) is 5.73 Å². The molecule has 1 heterocycles. The minimum absolute atomic E-state index is 0.0626. The standard InChI is InChI=1S/C20H17N5O10S3/c1-10-19(23-22-15-7-11(21)5-6-17(15)37(30,31)32)20(26)25(24-10)12-8-14-13(18(9-12)38(33,34)35)3-2-4-16(14)36(27,28)29/h2-9,24H,21H2,1H3,(H,27,28,29)(H,30,31,32)(H,33,34,35). The maximum atomic E-state index is 13.1. The lowest BCUT2D eigenvalue weighted by Crippen LogP contribution is -2.15. The molecule has 0 unspecified atom stereocenters. The number of hydrogen-bond acceptors (Lipinski definition) is 10. The molecule has 0 aliphatic rings. The van der Waals surface area contributed by atoms with Gasteiger partial charge in [0.15, 0.2) is 5.69 Å². The number of benzene rings is 3. The lowest BCUT2D eigenvalue weighted by molar-refractivity contribution is 0.481. The van der Waals surface area contributed by atoms with E-state index in [1.807, 2.05) is 0 Å². The van der Waals surface area contributed by atoms with Gasteiger partial charge in [0, 0.05) is 16.5 Å². The van der Waals surface area contributed by atoms with E-state index in [1.54, 1.807) is 0 Å². The van der Waals surface area contributed by atoms with Gasteiger partial charge in [-0.15, -0.1) is 10.2 Å². The molecule has 0 radical (unpaired) electrons. The molecule has 0 saturated heterocycles. The summed E-state index contributed by atoms with van der Waals surface area (Å²) in [5.74, 6) is 0. The first kappa shape index (κ1) is 27.1. The number of fused-ring (bicyclic) bond motifs is 1. The number of nitrogens with two attached hydrogens (primary N) is 1. The molecular weight excluding hydrogens is 566 g/mol. The lowest BCUT2D eigenvalue weighted by Gasteiger charge is -2.11. The molecule has 0 bridgehead atoms. The van der Waals surface area contributed by atoms with E-state index in [9.17, 15) is 43.7 Å². The molecule has 38 heavy (non-hydrogen) atoms. The molecule has 15 nitrogen and oxygen atoms in total. The maximum Gasteiger partial charge on any atom is 0.299 e. The third kappa shape index (κ3) is 5.08. The van der Waals surface area contributed by atoms with Gasteiger partial charge in [-0.3, -0.25) is 23.6 Å². The summed E-state index contributed by atoms with van der Waals surface area (Å²) in [6.45, 7) is 1.38. The van der Waals surface area contributed by atoms with Gasteiger partial charge in [0.2, 0.25) is 0 Å². The Kier molecular flexibility index (Phi) is 6.50. The average molecular weight is 584 g/mol. The van der Waals surface area contributed by atoms with Crippen LogP contribution >= 0.6 is 0 Å². The summed E-state index contributed by atoms with van der Waals surface area (Å²) in [7, 11) is -14.5. The number of aromatic amines is 1.